The van der Waals surface area contributed by atoms with Gasteiger partial charge in [-0.15, -0.1) is 0 Å². The van der Waals surface area contributed by atoms with Gasteiger partial charge in [0.25, 0.3) is 0 Å². The Morgan fingerprint density at radius 1 is 1.16 bits per heavy atom. The molecular formula is C34H38FN5O4. The van der Waals surface area contributed by atoms with Crippen molar-refractivity contribution in [3.05, 3.63) is 88.9 Å². The van der Waals surface area contributed by atoms with Gasteiger partial charge in [-0.25, -0.2) is 14.2 Å². The van der Waals surface area contributed by atoms with Crippen LogP contribution >= 0.6 is 0 Å². The first-order valence-electron chi connectivity index (χ1n) is 14.6. The fourth-order valence-corrected chi connectivity index (χ4v) is 5.43. The van der Waals surface area contributed by atoms with E-state index in [0.29, 0.717) is 11.4 Å². The molecule has 6 rings (SSSR count). The number of nitrogens with one attached hydrogen (secondary N) is 2. The van der Waals surface area contributed by atoms with Crippen LogP contribution in [0.4, 0.5) is 26.4 Å². The van der Waals surface area contributed by atoms with Crippen LogP contribution in [-0.2, 0) is 16.1 Å². The van der Waals surface area contributed by atoms with Gasteiger partial charge in [-0.2, -0.15) is 0 Å². The lowest BCUT2D eigenvalue weighted by molar-refractivity contribution is -0.131. The number of likely N-dealkylation sites (N-methyl/N-ethyl adjacent to an activating group) is 1. The molecule has 3 aromatic carbocycles. The molecule has 9 nitrogen and oxygen atoms in total. The van der Waals surface area contributed by atoms with Crippen LogP contribution in [0.5, 0.6) is 5.75 Å². The second-order valence-corrected chi connectivity index (χ2v) is 11.8. The number of aryl methyl sites for hydroxylation is 1. The van der Waals surface area contributed by atoms with Gasteiger partial charge in [0.15, 0.2) is 11.6 Å². The molecule has 0 fully saturated rings. The van der Waals surface area contributed by atoms with E-state index in [-0.39, 0.29) is 48.9 Å². The number of fused-ring (bicyclic) bond motifs is 10. The van der Waals surface area contributed by atoms with Crippen LogP contribution in [0.15, 0.2) is 60.8 Å². The Bertz CT molecular complexity index is 1710. The maximum absolute atomic E-state index is 15.4. The monoisotopic (exact) mass is 599 g/mol. The number of carbonyl (C=O) groups excluding carboxylic acids is 2. The topological polar surface area (TPSA) is 119 Å². The normalized spacial score (nSPS) is 17.5. The van der Waals surface area contributed by atoms with Gasteiger partial charge in [0.2, 0.25) is 5.91 Å². The molecule has 1 aromatic heterocycles. The third-order valence-electron chi connectivity index (χ3n) is 7.69. The van der Waals surface area contributed by atoms with Crippen LogP contribution in [0.3, 0.4) is 0 Å². The summed E-state index contributed by atoms with van der Waals surface area (Å²) in [4.78, 5) is 32.6. The molecule has 2 aliphatic rings. The predicted octanol–water partition coefficient (Wildman–Crippen LogP) is 6.78. The van der Waals surface area contributed by atoms with E-state index in [4.69, 9.17) is 15.2 Å². The smallest absolute Gasteiger partial charge is 0.411 e. The summed E-state index contributed by atoms with van der Waals surface area (Å²) >= 11 is 0. The fourth-order valence-electron chi connectivity index (χ4n) is 5.43. The Balaban J connectivity index is 1.58. The standard InChI is InChI=1S/C34H38FN5O4/c1-19(2)17-43-31-24-14-26(15-29(31)35)39-34(42)44-18-21(4)27-8-6-23(12-20(27)3)30(33(41)40(5)16-24)38-25-7-9-28-22(13-25)10-11-37-32(28)36/h6-15,19,21,30,38H,16-18H2,1-5H3,(H2,36,37)(H,39,42)/t21-,30+/m0/s1. The van der Waals surface area contributed by atoms with E-state index in [1.807, 2.05) is 70.2 Å². The summed E-state index contributed by atoms with van der Waals surface area (Å²) in [5.41, 5.74) is 10.1. The van der Waals surface area contributed by atoms with Crippen molar-refractivity contribution in [1.82, 2.24) is 9.88 Å². The summed E-state index contributed by atoms with van der Waals surface area (Å²) in [7, 11) is 1.66. The highest BCUT2D eigenvalue weighted by Crippen LogP contribution is 2.33. The second-order valence-electron chi connectivity index (χ2n) is 11.8. The number of nitrogens with zero attached hydrogens (tertiary/aromatic N) is 2. The maximum Gasteiger partial charge on any atom is 0.411 e. The number of pyridine rings is 1. The van der Waals surface area contributed by atoms with Crippen molar-refractivity contribution in [3.8, 4) is 5.75 Å². The van der Waals surface area contributed by atoms with E-state index in [9.17, 15) is 9.59 Å². The van der Waals surface area contributed by atoms with Crippen molar-refractivity contribution in [1.29, 1.82) is 0 Å². The third-order valence-corrected chi connectivity index (χ3v) is 7.69. The molecule has 44 heavy (non-hydrogen) atoms. The lowest BCUT2D eigenvalue weighted by Crippen LogP contribution is -2.35. The van der Waals surface area contributed by atoms with Crippen molar-refractivity contribution in [2.75, 3.05) is 36.6 Å². The number of hydrogen-bond donors (Lipinski definition) is 3. The quantitative estimate of drug-likeness (QED) is 0.231. The molecule has 230 valence electrons. The van der Waals surface area contributed by atoms with Gasteiger partial charge >= 0.3 is 6.09 Å². The van der Waals surface area contributed by atoms with Gasteiger partial charge in [-0.1, -0.05) is 39.0 Å². The molecule has 10 heteroatoms. The Morgan fingerprint density at radius 3 is 2.70 bits per heavy atom. The number of nitrogens with two attached hydrogens (primary N) is 1. The number of ether oxygens (including phenoxy) is 2. The van der Waals surface area contributed by atoms with Gasteiger partial charge in [0.05, 0.1) is 13.2 Å². The first kappa shape index (κ1) is 30.6. The third kappa shape index (κ3) is 6.69. The van der Waals surface area contributed by atoms with E-state index < -0.39 is 18.0 Å². The largest absolute Gasteiger partial charge is 0.490 e. The average molecular weight is 600 g/mol. The number of nitrogen functional groups attached to an aromatic ring is 1. The zero-order valence-electron chi connectivity index (χ0n) is 25.6. The van der Waals surface area contributed by atoms with Gasteiger partial charge in [-0.3, -0.25) is 10.1 Å². The average Bonchev–Trinajstić information content (AvgIpc) is 2.97. The molecule has 2 atom stereocenters. The Kier molecular flexibility index (Phi) is 8.89. The minimum Gasteiger partial charge on any atom is -0.490 e. The Morgan fingerprint density at radius 2 is 1.95 bits per heavy atom. The van der Waals surface area contributed by atoms with Gasteiger partial charge < -0.3 is 25.4 Å². The SMILES string of the molecule is Cc1cc2ccc1[C@@H](C)COC(=O)Nc1cc(F)c(OCC(C)C)c(c1)CN(C)C(=O)[C@@H]2Nc1ccc2c(N)nccc2c1. The number of anilines is 3. The van der Waals surface area contributed by atoms with E-state index in [1.54, 1.807) is 19.3 Å². The molecule has 0 unspecified atom stereocenters. The molecule has 2 aliphatic heterocycles. The number of amides is 2. The number of hydrogen-bond acceptors (Lipinski definition) is 7. The van der Waals surface area contributed by atoms with E-state index in [2.05, 4.69) is 15.6 Å². The van der Waals surface area contributed by atoms with Crippen molar-refractivity contribution in [2.45, 2.75) is 46.2 Å². The summed E-state index contributed by atoms with van der Waals surface area (Å²) < 4.78 is 26.8. The minimum absolute atomic E-state index is 0.0277. The van der Waals surface area contributed by atoms with E-state index in [1.165, 1.54) is 11.0 Å². The summed E-state index contributed by atoms with van der Waals surface area (Å²) in [5.74, 6) is -0.378. The van der Waals surface area contributed by atoms with Crippen molar-refractivity contribution >= 4 is 40.0 Å². The van der Waals surface area contributed by atoms with Crippen LogP contribution < -0.4 is 21.1 Å². The van der Waals surface area contributed by atoms with Crippen molar-refractivity contribution < 1.29 is 23.5 Å². The van der Waals surface area contributed by atoms with Crippen LogP contribution in [0.25, 0.3) is 10.8 Å². The van der Waals surface area contributed by atoms with Gasteiger partial charge in [0, 0.05) is 54.1 Å². The molecule has 4 bridgehead atoms. The number of carbonyl (C=O) groups is 2. The molecular weight excluding hydrogens is 561 g/mol. The highest BCUT2D eigenvalue weighted by Gasteiger charge is 2.27. The molecule has 0 spiro atoms. The molecule has 0 aliphatic carbocycles. The summed E-state index contributed by atoms with van der Waals surface area (Å²) in [6, 6.07) is 15.4. The zero-order chi connectivity index (χ0) is 31.5. The van der Waals surface area contributed by atoms with Crippen LogP contribution in [0.2, 0.25) is 0 Å². The molecule has 0 saturated carbocycles. The van der Waals surface area contributed by atoms with Gasteiger partial charge in [0.1, 0.15) is 11.9 Å². The first-order valence-corrected chi connectivity index (χ1v) is 14.6. The van der Waals surface area contributed by atoms with Crippen molar-refractivity contribution in [2.24, 2.45) is 5.92 Å². The molecule has 0 saturated heterocycles. The van der Waals surface area contributed by atoms with Crippen LogP contribution in [0, 0.1) is 18.7 Å². The van der Waals surface area contributed by atoms with E-state index >= 15 is 4.39 Å². The Hall–Kier alpha value is -4.86. The number of halogens is 1. The molecule has 0 radical (unpaired) electrons. The second kappa shape index (κ2) is 12.8. The lowest BCUT2D eigenvalue weighted by atomic mass is 9.93. The zero-order valence-corrected chi connectivity index (χ0v) is 25.6. The highest BCUT2D eigenvalue weighted by atomic mass is 19.1. The summed E-state index contributed by atoms with van der Waals surface area (Å²) in [5, 5.41) is 7.76. The number of rotatable bonds is 5. The van der Waals surface area contributed by atoms with Gasteiger partial charge in [-0.05, 0) is 65.3 Å². The summed E-state index contributed by atoms with van der Waals surface area (Å²) in [6.45, 7) is 8.29. The molecule has 2 amide bonds. The lowest BCUT2D eigenvalue weighted by Gasteiger charge is -2.28. The Labute approximate surface area is 256 Å². The molecule has 4 N–H and O–H groups in total. The number of benzene rings is 3. The minimum atomic E-state index is -0.767. The molecule has 3 heterocycles. The highest BCUT2D eigenvalue weighted by molar-refractivity contribution is 5.94. The van der Waals surface area contributed by atoms with E-state index in [0.717, 1.165) is 33.2 Å². The van der Waals surface area contributed by atoms with Crippen molar-refractivity contribution in [3.63, 3.8) is 0 Å². The maximum atomic E-state index is 15.4. The fraction of sp³-hybridized carbons (Fsp3) is 0.324. The van der Waals surface area contributed by atoms with Crippen LogP contribution in [0.1, 0.15) is 55.0 Å². The summed E-state index contributed by atoms with van der Waals surface area (Å²) in [6.07, 6.45) is 0.954. The number of aromatic nitrogens is 1. The first-order chi connectivity index (χ1) is 21.0. The van der Waals surface area contributed by atoms with Crippen LogP contribution in [-0.4, -0.2) is 42.1 Å². The molecule has 4 aromatic rings. The predicted molar refractivity (Wildman–Crippen MR) is 170 cm³/mol.